The molecule has 1 amide bonds. The summed E-state index contributed by atoms with van der Waals surface area (Å²) in [6.07, 6.45) is 3.21. The largest absolute Gasteiger partial charge is 0.341 e. The molecule has 1 saturated heterocycles. The van der Waals surface area contributed by atoms with Gasteiger partial charge in [0.25, 0.3) is 0 Å². The summed E-state index contributed by atoms with van der Waals surface area (Å²) in [5.74, 6) is 1.28. The Kier molecular flexibility index (Phi) is 5.87. The Morgan fingerprint density at radius 3 is 2.61 bits per heavy atom. The zero-order chi connectivity index (χ0) is 21.2. The van der Waals surface area contributed by atoms with E-state index in [9.17, 15) is 4.79 Å². The van der Waals surface area contributed by atoms with Crippen molar-refractivity contribution in [2.75, 3.05) is 30.3 Å². The lowest BCUT2D eigenvalue weighted by molar-refractivity contribution is -0.129. The fraction of sp³-hybridized carbons (Fsp3) is 0.348. The van der Waals surface area contributed by atoms with E-state index in [4.69, 9.17) is 11.6 Å². The maximum Gasteiger partial charge on any atom is 0.233 e. The summed E-state index contributed by atoms with van der Waals surface area (Å²) in [6.45, 7) is 3.37. The molecule has 2 aromatic carbocycles. The molecule has 0 bridgehead atoms. The van der Waals surface area contributed by atoms with E-state index >= 15 is 0 Å². The van der Waals surface area contributed by atoms with E-state index in [0.29, 0.717) is 17.3 Å². The molecule has 1 aromatic heterocycles. The molecule has 5 rings (SSSR count). The first-order valence-electron chi connectivity index (χ1n) is 10.6. The number of carbonyl (C=O) groups is 1. The lowest BCUT2D eigenvalue weighted by atomic mass is 10.00. The molecule has 1 fully saturated rings. The number of thioether (sulfide) groups is 1. The van der Waals surface area contributed by atoms with Crippen LogP contribution in [0.25, 0.3) is 5.69 Å². The Morgan fingerprint density at radius 1 is 1.00 bits per heavy atom. The summed E-state index contributed by atoms with van der Waals surface area (Å²) in [5, 5.41) is 10.3. The van der Waals surface area contributed by atoms with Crippen molar-refractivity contribution in [3.05, 3.63) is 64.7 Å². The van der Waals surface area contributed by atoms with Crippen molar-refractivity contribution in [2.24, 2.45) is 0 Å². The fourth-order valence-electron chi connectivity index (χ4n) is 4.24. The van der Waals surface area contributed by atoms with Crippen LogP contribution in [-0.4, -0.2) is 51.0 Å². The smallest absolute Gasteiger partial charge is 0.233 e. The standard InChI is InChI=1S/C23H24ClN5OS/c24-19-8-5-9-20(14-19)29-22(27-11-3-4-12-27)25-26-23(29)31-16-21(30)28-13-10-17-6-1-2-7-18(17)15-28/h1-2,5-9,14H,3-4,10-13,15-16H2. The number of benzene rings is 2. The van der Waals surface area contributed by atoms with Gasteiger partial charge in [0.1, 0.15) is 0 Å². The van der Waals surface area contributed by atoms with E-state index in [-0.39, 0.29) is 5.91 Å². The number of rotatable bonds is 5. The zero-order valence-electron chi connectivity index (χ0n) is 17.2. The highest BCUT2D eigenvalue weighted by Crippen LogP contribution is 2.30. The van der Waals surface area contributed by atoms with Crippen LogP contribution in [0.4, 0.5) is 5.95 Å². The Balaban J connectivity index is 1.35. The summed E-state index contributed by atoms with van der Waals surface area (Å²) < 4.78 is 2.03. The number of amides is 1. The fourth-order valence-corrected chi connectivity index (χ4v) is 5.28. The van der Waals surface area contributed by atoms with Gasteiger partial charge in [-0.2, -0.15) is 0 Å². The van der Waals surface area contributed by atoms with E-state index in [1.54, 1.807) is 0 Å². The summed E-state index contributed by atoms with van der Waals surface area (Å²) in [4.78, 5) is 17.2. The Bertz CT molecular complexity index is 1100. The molecule has 8 heteroatoms. The number of hydrogen-bond donors (Lipinski definition) is 0. The molecular formula is C23H24ClN5OS. The van der Waals surface area contributed by atoms with Crippen LogP contribution in [0.3, 0.4) is 0 Å². The molecule has 0 atom stereocenters. The second-order valence-corrected chi connectivity index (χ2v) is 9.29. The van der Waals surface area contributed by atoms with Gasteiger partial charge in [0, 0.05) is 31.2 Å². The van der Waals surface area contributed by atoms with Gasteiger partial charge in [-0.15, -0.1) is 10.2 Å². The molecule has 2 aliphatic heterocycles. The maximum atomic E-state index is 13.0. The third-order valence-corrected chi connectivity index (χ3v) is 7.03. The molecule has 0 saturated carbocycles. The van der Waals surface area contributed by atoms with Gasteiger partial charge in [0.15, 0.2) is 5.16 Å². The van der Waals surface area contributed by atoms with Crippen LogP contribution >= 0.6 is 23.4 Å². The van der Waals surface area contributed by atoms with Gasteiger partial charge in [-0.3, -0.25) is 9.36 Å². The molecule has 6 nitrogen and oxygen atoms in total. The van der Waals surface area contributed by atoms with E-state index < -0.39 is 0 Å². The van der Waals surface area contributed by atoms with Crippen molar-refractivity contribution >= 4 is 35.2 Å². The third-order valence-electron chi connectivity index (χ3n) is 5.88. The lowest BCUT2D eigenvalue weighted by Gasteiger charge is -2.28. The summed E-state index contributed by atoms with van der Waals surface area (Å²) in [7, 11) is 0. The van der Waals surface area contributed by atoms with Crippen molar-refractivity contribution in [3.8, 4) is 5.69 Å². The molecule has 0 spiro atoms. The number of fused-ring (bicyclic) bond motifs is 1. The molecule has 3 aromatic rings. The number of carbonyl (C=O) groups excluding carboxylic acids is 1. The van der Waals surface area contributed by atoms with Gasteiger partial charge in [0.2, 0.25) is 11.9 Å². The second kappa shape index (κ2) is 8.93. The van der Waals surface area contributed by atoms with Crippen LogP contribution in [0, 0.1) is 0 Å². The Hall–Kier alpha value is -2.51. The Morgan fingerprint density at radius 2 is 1.81 bits per heavy atom. The first-order valence-corrected chi connectivity index (χ1v) is 12.0. The number of aromatic nitrogens is 3. The average molecular weight is 454 g/mol. The third kappa shape index (κ3) is 4.29. The van der Waals surface area contributed by atoms with Gasteiger partial charge in [0.05, 0.1) is 11.4 Å². The molecule has 2 aliphatic rings. The van der Waals surface area contributed by atoms with Crippen LogP contribution in [0.2, 0.25) is 5.02 Å². The first-order chi connectivity index (χ1) is 15.2. The van der Waals surface area contributed by atoms with E-state index in [1.807, 2.05) is 39.8 Å². The number of halogens is 1. The van der Waals surface area contributed by atoms with Gasteiger partial charge < -0.3 is 9.80 Å². The van der Waals surface area contributed by atoms with Crippen LogP contribution in [0.1, 0.15) is 24.0 Å². The van der Waals surface area contributed by atoms with Crippen LogP contribution in [0.15, 0.2) is 53.7 Å². The summed E-state index contributed by atoms with van der Waals surface area (Å²) >= 11 is 7.70. The summed E-state index contributed by atoms with van der Waals surface area (Å²) in [5.41, 5.74) is 3.50. The second-order valence-electron chi connectivity index (χ2n) is 7.91. The maximum absolute atomic E-state index is 13.0. The van der Waals surface area contributed by atoms with Crippen molar-refractivity contribution in [2.45, 2.75) is 31.0 Å². The van der Waals surface area contributed by atoms with E-state index in [2.05, 4.69) is 33.3 Å². The highest BCUT2D eigenvalue weighted by molar-refractivity contribution is 7.99. The monoisotopic (exact) mass is 453 g/mol. The van der Waals surface area contributed by atoms with Crippen LogP contribution in [-0.2, 0) is 17.8 Å². The predicted molar refractivity (Wildman–Crippen MR) is 124 cm³/mol. The average Bonchev–Trinajstić information content (AvgIpc) is 3.47. The SMILES string of the molecule is O=C(CSc1nnc(N2CCCC2)n1-c1cccc(Cl)c1)N1CCc2ccccc2C1. The number of hydrogen-bond acceptors (Lipinski definition) is 5. The molecule has 0 aliphatic carbocycles. The minimum atomic E-state index is 0.128. The molecule has 0 unspecified atom stereocenters. The molecule has 31 heavy (non-hydrogen) atoms. The minimum Gasteiger partial charge on any atom is -0.341 e. The van der Waals surface area contributed by atoms with Crippen LogP contribution in [0.5, 0.6) is 0 Å². The van der Waals surface area contributed by atoms with Crippen molar-refractivity contribution in [3.63, 3.8) is 0 Å². The van der Waals surface area contributed by atoms with Crippen LogP contribution < -0.4 is 4.90 Å². The lowest BCUT2D eigenvalue weighted by Crippen LogP contribution is -2.37. The van der Waals surface area contributed by atoms with E-state index in [1.165, 1.54) is 22.9 Å². The molecule has 160 valence electrons. The quantitative estimate of drug-likeness (QED) is 0.542. The summed E-state index contributed by atoms with van der Waals surface area (Å²) in [6, 6.07) is 16.1. The van der Waals surface area contributed by atoms with E-state index in [0.717, 1.165) is 55.7 Å². The highest BCUT2D eigenvalue weighted by Gasteiger charge is 2.25. The Labute approximate surface area is 191 Å². The number of nitrogens with zero attached hydrogens (tertiary/aromatic N) is 5. The van der Waals surface area contributed by atoms with Gasteiger partial charge >= 0.3 is 0 Å². The molecule has 3 heterocycles. The zero-order valence-corrected chi connectivity index (χ0v) is 18.8. The normalized spacial score (nSPS) is 15.9. The van der Waals surface area contributed by atoms with Gasteiger partial charge in [-0.05, 0) is 48.6 Å². The first kappa shape index (κ1) is 20.4. The van der Waals surface area contributed by atoms with Crippen molar-refractivity contribution in [1.29, 1.82) is 0 Å². The molecule has 0 radical (unpaired) electrons. The molecule has 0 N–H and O–H groups in total. The highest BCUT2D eigenvalue weighted by atomic mass is 35.5. The van der Waals surface area contributed by atoms with Crippen molar-refractivity contribution < 1.29 is 4.79 Å². The van der Waals surface area contributed by atoms with Gasteiger partial charge in [-0.1, -0.05) is 53.7 Å². The topological polar surface area (TPSA) is 54.3 Å². The predicted octanol–water partition coefficient (Wildman–Crippen LogP) is 4.20. The van der Waals surface area contributed by atoms with Gasteiger partial charge in [-0.25, -0.2) is 0 Å². The molecular weight excluding hydrogens is 430 g/mol. The van der Waals surface area contributed by atoms with Crippen molar-refractivity contribution in [1.82, 2.24) is 19.7 Å². The number of anilines is 1. The minimum absolute atomic E-state index is 0.128.